The first kappa shape index (κ1) is 26.7. The van der Waals surface area contributed by atoms with E-state index in [2.05, 4.69) is 15.4 Å². The summed E-state index contributed by atoms with van der Waals surface area (Å²) in [5, 5.41) is 24.8. The van der Waals surface area contributed by atoms with Crippen molar-refractivity contribution >= 4 is 23.9 Å². The first-order valence-corrected chi connectivity index (χ1v) is 9.82. The molecule has 0 aliphatic heterocycles. The number of nitrogens with one attached hydrogen (secondary N) is 2. The number of hydrogen-bond acceptors (Lipinski definition) is 8. The quantitative estimate of drug-likeness (QED) is 0.412. The topological polar surface area (TPSA) is 154 Å². The Morgan fingerprint density at radius 3 is 2.34 bits per heavy atom. The lowest BCUT2D eigenvalue weighted by atomic mass is 10.00. The van der Waals surface area contributed by atoms with Crippen molar-refractivity contribution in [2.24, 2.45) is 0 Å². The predicted octanol–water partition coefficient (Wildman–Crippen LogP) is 0.375. The van der Waals surface area contributed by atoms with E-state index in [1.165, 1.54) is 13.1 Å². The fourth-order valence-corrected chi connectivity index (χ4v) is 2.76. The van der Waals surface area contributed by atoms with Crippen molar-refractivity contribution in [3.63, 3.8) is 0 Å². The van der Waals surface area contributed by atoms with Crippen LogP contribution in [0, 0.1) is 6.92 Å². The lowest BCUT2D eigenvalue weighted by molar-refractivity contribution is -0.144. The highest BCUT2D eigenvalue weighted by Crippen LogP contribution is 2.31. The third kappa shape index (κ3) is 7.41. The van der Waals surface area contributed by atoms with Crippen LogP contribution >= 0.6 is 0 Å². The summed E-state index contributed by atoms with van der Waals surface area (Å²) >= 11 is 0. The predicted molar refractivity (Wildman–Crippen MR) is 114 cm³/mol. The smallest absolute Gasteiger partial charge is 0.408 e. The van der Waals surface area contributed by atoms with E-state index in [4.69, 9.17) is 4.74 Å². The van der Waals surface area contributed by atoms with E-state index in [0.717, 1.165) is 12.0 Å². The zero-order valence-electron chi connectivity index (χ0n) is 19.1. The van der Waals surface area contributed by atoms with Crippen LogP contribution in [-0.2, 0) is 23.9 Å². The lowest BCUT2D eigenvalue weighted by Gasteiger charge is -2.31. The molecule has 0 saturated carbocycles. The molecule has 11 nitrogen and oxygen atoms in total. The zero-order chi connectivity index (χ0) is 24.6. The van der Waals surface area contributed by atoms with Gasteiger partial charge in [0.25, 0.3) is 0 Å². The van der Waals surface area contributed by atoms with E-state index in [1.807, 2.05) is 0 Å². The van der Waals surface area contributed by atoms with Gasteiger partial charge in [-0.3, -0.25) is 14.4 Å². The second-order valence-corrected chi connectivity index (χ2v) is 8.04. The molecule has 0 aliphatic carbocycles. The summed E-state index contributed by atoms with van der Waals surface area (Å²) in [7, 11) is 2.42. The van der Waals surface area contributed by atoms with Gasteiger partial charge < -0.3 is 35.2 Å². The standard InChI is InChI=1S/C21H31N3O8/c1-12-8-7-9-13(17(12)27)16(18(28)22-10-15(26)31-6)24(5)19(29)14(11-25)23-20(30)32-21(2,3)4/h7-9,14,16,25,27H,10-11H2,1-6H3,(H,22,28)(H,23,30). The summed E-state index contributed by atoms with van der Waals surface area (Å²) in [6.07, 6.45) is -0.927. The average molecular weight is 453 g/mol. The monoisotopic (exact) mass is 453 g/mol. The number of aliphatic hydroxyl groups excluding tert-OH is 1. The number of hydrogen-bond donors (Lipinski definition) is 4. The number of esters is 1. The fraction of sp³-hybridized carbons (Fsp3) is 0.524. The van der Waals surface area contributed by atoms with Crippen molar-refractivity contribution in [1.82, 2.24) is 15.5 Å². The van der Waals surface area contributed by atoms with E-state index < -0.39 is 54.7 Å². The van der Waals surface area contributed by atoms with Crippen LogP contribution < -0.4 is 10.6 Å². The summed E-state index contributed by atoms with van der Waals surface area (Å²) in [6, 6.07) is 1.86. The molecule has 1 rings (SSSR count). The highest BCUT2D eigenvalue weighted by Gasteiger charge is 2.35. The van der Waals surface area contributed by atoms with Gasteiger partial charge in [0, 0.05) is 12.6 Å². The molecular weight excluding hydrogens is 422 g/mol. The zero-order valence-corrected chi connectivity index (χ0v) is 19.1. The van der Waals surface area contributed by atoms with E-state index in [9.17, 15) is 29.4 Å². The minimum atomic E-state index is -1.42. The molecule has 2 atom stereocenters. The number of carbonyl (C=O) groups is 4. The van der Waals surface area contributed by atoms with Gasteiger partial charge in [0.1, 0.15) is 30.0 Å². The Labute approximate surface area is 186 Å². The molecule has 3 amide bonds. The van der Waals surface area contributed by atoms with E-state index in [0.29, 0.717) is 5.56 Å². The van der Waals surface area contributed by atoms with Gasteiger partial charge in [-0.05, 0) is 33.3 Å². The van der Waals surface area contributed by atoms with Gasteiger partial charge in [-0.15, -0.1) is 0 Å². The molecule has 0 spiro atoms. The van der Waals surface area contributed by atoms with Crippen molar-refractivity contribution in [1.29, 1.82) is 0 Å². The number of aliphatic hydroxyl groups is 1. The van der Waals surface area contributed by atoms with Gasteiger partial charge in [-0.1, -0.05) is 18.2 Å². The molecule has 32 heavy (non-hydrogen) atoms. The Morgan fingerprint density at radius 1 is 1.19 bits per heavy atom. The maximum Gasteiger partial charge on any atom is 0.408 e. The molecule has 0 heterocycles. The Kier molecular flexibility index (Phi) is 9.45. The summed E-state index contributed by atoms with van der Waals surface area (Å²) in [5.41, 5.74) is -0.278. The summed E-state index contributed by atoms with van der Waals surface area (Å²) in [6.45, 7) is 5.30. The summed E-state index contributed by atoms with van der Waals surface area (Å²) in [5.74, 6) is -2.52. The SMILES string of the molecule is COC(=O)CNC(=O)C(c1cccc(C)c1O)N(C)C(=O)C(CO)NC(=O)OC(C)(C)C. The van der Waals surface area contributed by atoms with E-state index in [-0.39, 0.29) is 11.3 Å². The van der Waals surface area contributed by atoms with Crippen LogP contribution in [0.1, 0.15) is 37.9 Å². The van der Waals surface area contributed by atoms with Gasteiger partial charge in [-0.25, -0.2) is 4.79 Å². The number of alkyl carbamates (subject to hydrolysis) is 1. The highest BCUT2D eigenvalue weighted by atomic mass is 16.6. The molecule has 1 aromatic rings. The number of aromatic hydroxyl groups is 1. The molecule has 0 radical (unpaired) electrons. The van der Waals surface area contributed by atoms with Crippen molar-refractivity contribution < 1.29 is 38.9 Å². The number of rotatable bonds is 8. The van der Waals surface area contributed by atoms with Crippen LogP contribution in [0.5, 0.6) is 5.75 Å². The molecule has 4 N–H and O–H groups in total. The van der Waals surface area contributed by atoms with Crippen molar-refractivity contribution in [3.05, 3.63) is 29.3 Å². The van der Waals surface area contributed by atoms with E-state index in [1.54, 1.807) is 39.8 Å². The Morgan fingerprint density at radius 2 is 1.81 bits per heavy atom. The minimum absolute atomic E-state index is 0.0946. The van der Waals surface area contributed by atoms with Crippen LogP contribution in [-0.4, -0.2) is 77.9 Å². The first-order valence-electron chi connectivity index (χ1n) is 9.82. The Bertz CT molecular complexity index is 850. The van der Waals surface area contributed by atoms with Gasteiger partial charge >= 0.3 is 12.1 Å². The number of ether oxygens (including phenoxy) is 2. The number of phenolic OH excluding ortho intramolecular Hbond substituents is 1. The Balaban J connectivity index is 3.22. The second kappa shape index (κ2) is 11.3. The molecule has 0 bridgehead atoms. The third-order valence-electron chi connectivity index (χ3n) is 4.35. The molecular formula is C21H31N3O8. The number of likely N-dealkylation sites (N-methyl/N-ethyl adjacent to an activating group) is 1. The molecule has 2 unspecified atom stereocenters. The van der Waals surface area contributed by atoms with Crippen LogP contribution in [0.3, 0.4) is 0 Å². The molecule has 0 aromatic heterocycles. The van der Waals surface area contributed by atoms with Crippen molar-refractivity contribution in [3.8, 4) is 5.75 Å². The highest BCUT2D eigenvalue weighted by molar-refractivity contribution is 5.93. The molecule has 0 aliphatic rings. The molecule has 0 fully saturated rings. The number of phenols is 1. The molecule has 178 valence electrons. The number of nitrogens with zero attached hydrogens (tertiary/aromatic N) is 1. The van der Waals surface area contributed by atoms with Crippen LogP contribution in [0.2, 0.25) is 0 Å². The first-order chi connectivity index (χ1) is 14.8. The third-order valence-corrected chi connectivity index (χ3v) is 4.35. The summed E-state index contributed by atoms with van der Waals surface area (Å²) in [4.78, 5) is 50.4. The lowest BCUT2D eigenvalue weighted by Crippen LogP contribution is -2.53. The van der Waals surface area contributed by atoms with Gasteiger partial charge in [0.2, 0.25) is 11.8 Å². The van der Waals surface area contributed by atoms with Crippen molar-refractivity contribution in [2.75, 3.05) is 27.3 Å². The van der Waals surface area contributed by atoms with Gasteiger partial charge in [0.15, 0.2) is 0 Å². The van der Waals surface area contributed by atoms with Gasteiger partial charge in [-0.2, -0.15) is 0 Å². The maximum atomic E-state index is 13.0. The average Bonchev–Trinajstić information content (AvgIpc) is 2.71. The molecule has 1 aromatic carbocycles. The number of para-hydroxylation sites is 1. The normalized spacial score (nSPS) is 12.8. The largest absolute Gasteiger partial charge is 0.507 e. The molecule has 11 heteroatoms. The fourth-order valence-electron chi connectivity index (χ4n) is 2.76. The number of aryl methyl sites for hydroxylation is 1. The minimum Gasteiger partial charge on any atom is -0.507 e. The molecule has 0 saturated heterocycles. The number of benzene rings is 1. The number of carbonyl (C=O) groups excluding carboxylic acids is 4. The van der Waals surface area contributed by atoms with E-state index >= 15 is 0 Å². The van der Waals surface area contributed by atoms with Crippen LogP contribution in [0.15, 0.2) is 18.2 Å². The number of amides is 3. The maximum absolute atomic E-state index is 13.0. The summed E-state index contributed by atoms with van der Waals surface area (Å²) < 4.78 is 9.60. The van der Waals surface area contributed by atoms with Crippen molar-refractivity contribution in [2.45, 2.75) is 45.4 Å². The van der Waals surface area contributed by atoms with Gasteiger partial charge in [0.05, 0.1) is 13.7 Å². The second-order valence-electron chi connectivity index (χ2n) is 8.04. The number of methoxy groups -OCH3 is 1. The Hall–Kier alpha value is -3.34. The van der Waals surface area contributed by atoms with Crippen LogP contribution in [0.25, 0.3) is 0 Å². The van der Waals surface area contributed by atoms with Crippen LogP contribution in [0.4, 0.5) is 4.79 Å².